The SMILES string of the molecule is Cc1cccc(N2N=C(C(=O)OC3CCCCC3)CCC2=O)c1. The molecular formula is C18H22N2O3. The van der Waals surface area contributed by atoms with Crippen molar-refractivity contribution in [3.8, 4) is 0 Å². The maximum Gasteiger partial charge on any atom is 0.354 e. The van der Waals surface area contributed by atoms with Crippen molar-refractivity contribution >= 4 is 23.3 Å². The molecule has 0 unspecified atom stereocenters. The van der Waals surface area contributed by atoms with Crippen LogP contribution in [-0.4, -0.2) is 23.7 Å². The van der Waals surface area contributed by atoms with Gasteiger partial charge in [-0.3, -0.25) is 4.79 Å². The van der Waals surface area contributed by atoms with Crippen LogP contribution in [0.2, 0.25) is 0 Å². The third kappa shape index (κ3) is 3.78. The molecule has 1 aromatic carbocycles. The normalized spacial score (nSPS) is 19.4. The lowest BCUT2D eigenvalue weighted by atomic mass is 9.98. The highest BCUT2D eigenvalue weighted by atomic mass is 16.5. The molecule has 0 N–H and O–H groups in total. The summed E-state index contributed by atoms with van der Waals surface area (Å²) >= 11 is 0. The van der Waals surface area contributed by atoms with Crippen LogP contribution in [0, 0.1) is 6.92 Å². The largest absolute Gasteiger partial charge is 0.458 e. The fourth-order valence-corrected chi connectivity index (χ4v) is 3.06. The summed E-state index contributed by atoms with van der Waals surface area (Å²) in [6, 6.07) is 7.54. The number of benzene rings is 1. The number of amides is 1. The van der Waals surface area contributed by atoms with Crippen molar-refractivity contribution in [2.75, 3.05) is 5.01 Å². The van der Waals surface area contributed by atoms with Crippen molar-refractivity contribution in [2.45, 2.75) is 58.0 Å². The summed E-state index contributed by atoms with van der Waals surface area (Å²) in [6.07, 6.45) is 5.93. The Balaban J connectivity index is 1.75. The molecule has 0 aromatic heterocycles. The summed E-state index contributed by atoms with van der Waals surface area (Å²) < 4.78 is 5.57. The van der Waals surface area contributed by atoms with E-state index in [0.717, 1.165) is 31.2 Å². The van der Waals surface area contributed by atoms with Crippen LogP contribution in [0.3, 0.4) is 0 Å². The first-order chi connectivity index (χ1) is 11.1. The molecule has 0 radical (unpaired) electrons. The first-order valence-electron chi connectivity index (χ1n) is 8.31. The molecule has 1 fully saturated rings. The Bertz CT molecular complexity index is 633. The molecule has 1 saturated carbocycles. The summed E-state index contributed by atoms with van der Waals surface area (Å²) in [4.78, 5) is 24.5. The standard InChI is InChI=1S/C18H22N2O3/c1-13-6-5-7-14(12-13)20-17(21)11-10-16(19-20)18(22)23-15-8-3-2-4-9-15/h5-7,12,15H,2-4,8-11H2,1H3. The lowest BCUT2D eigenvalue weighted by molar-refractivity contribution is -0.142. The Hall–Kier alpha value is -2.17. The van der Waals surface area contributed by atoms with Gasteiger partial charge in [-0.2, -0.15) is 5.10 Å². The number of hydrazone groups is 1. The van der Waals surface area contributed by atoms with Gasteiger partial charge in [0, 0.05) is 12.8 Å². The molecule has 3 rings (SSSR count). The number of hydrogen-bond donors (Lipinski definition) is 0. The van der Waals surface area contributed by atoms with Crippen LogP contribution in [-0.2, 0) is 14.3 Å². The van der Waals surface area contributed by atoms with E-state index < -0.39 is 0 Å². The molecule has 5 heteroatoms. The molecule has 5 nitrogen and oxygen atoms in total. The van der Waals surface area contributed by atoms with Crippen LogP contribution in [0.15, 0.2) is 29.4 Å². The molecule has 1 amide bonds. The first kappa shape index (κ1) is 15.7. The topological polar surface area (TPSA) is 59.0 Å². The number of carbonyl (C=O) groups is 2. The quantitative estimate of drug-likeness (QED) is 0.804. The van der Waals surface area contributed by atoms with E-state index in [9.17, 15) is 9.59 Å². The van der Waals surface area contributed by atoms with Crippen molar-refractivity contribution < 1.29 is 14.3 Å². The number of hydrogen-bond acceptors (Lipinski definition) is 4. The number of rotatable bonds is 3. The molecule has 23 heavy (non-hydrogen) atoms. The fraction of sp³-hybridized carbons (Fsp3) is 0.500. The predicted octanol–water partition coefficient (Wildman–Crippen LogP) is 3.35. The van der Waals surface area contributed by atoms with E-state index in [0.29, 0.717) is 17.8 Å². The minimum Gasteiger partial charge on any atom is -0.458 e. The third-order valence-corrected chi connectivity index (χ3v) is 4.34. The van der Waals surface area contributed by atoms with Gasteiger partial charge in [0.05, 0.1) is 5.69 Å². The smallest absolute Gasteiger partial charge is 0.354 e. The molecule has 0 atom stereocenters. The summed E-state index contributed by atoms with van der Waals surface area (Å²) in [7, 11) is 0. The van der Waals surface area contributed by atoms with Crippen molar-refractivity contribution in [1.29, 1.82) is 0 Å². The zero-order valence-electron chi connectivity index (χ0n) is 13.5. The van der Waals surface area contributed by atoms with Gasteiger partial charge >= 0.3 is 5.97 Å². The fourth-order valence-electron chi connectivity index (χ4n) is 3.06. The van der Waals surface area contributed by atoms with Gasteiger partial charge in [-0.05, 0) is 50.3 Å². The van der Waals surface area contributed by atoms with Gasteiger partial charge in [0.1, 0.15) is 11.8 Å². The van der Waals surface area contributed by atoms with Crippen LogP contribution in [0.1, 0.15) is 50.5 Å². The van der Waals surface area contributed by atoms with Gasteiger partial charge in [-0.25, -0.2) is 9.80 Å². The lowest BCUT2D eigenvalue weighted by Gasteiger charge is -2.25. The second-order valence-corrected chi connectivity index (χ2v) is 6.26. The highest BCUT2D eigenvalue weighted by Gasteiger charge is 2.28. The van der Waals surface area contributed by atoms with Crippen molar-refractivity contribution in [3.63, 3.8) is 0 Å². The first-order valence-corrected chi connectivity index (χ1v) is 8.31. The molecule has 2 aliphatic rings. The Morgan fingerprint density at radius 1 is 1.22 bits per heavy atom. The molecule has 1 heterocycles. The molecule has 0 saturated heterocycles. The van der Waals surface area contributed by atoms with Crippen LogP contribution >= 0.6 is 0 Å². The summed E-state index contributed by atoms with van der Waals surface area (Å²) in [5, 5.41) is 5.59. The number of carbonyl (C=O) groups excluding carboxylic acids is 2. The second-order valence-electron chi connectivity index (χ2n) is 6.26. The van der Waals surface area contributed by atoms with Gasteiger partial charge in [-0.1, -0.05) is 18.6 Å². The van der Waals surface area contributed by atoms with Crippen LogP contribution in [0.5, 0.6) is 0 Å². The van der Waals surface area contributed by atoms with E-state index in [-0.39, 0.29) is 24.4 Å². The molecule has 0 bridgehead atoms. The average molecular weight is 314 g/mol. The second kappa shape index (κ2) is 6.94. The van der Waals surface area contributed by atoms with Crippen molar-refractivity contribution in [2.24, 2.45) is 5.10 Å². The number of esters is 1. The Labute approximate surface area is 136 Å². The lowest BCUT2D eigenvalue weighted by Crippen LogP contribution is -2.36. The Kier molecular flexibility index (Phi) is 4.74. The van der Waals surface area contributed by atoms with Gasteiger partial charge in [-0.15, -0.1) is 0 Å². The maximum atomic E-state index is 12.3. The van der Waals surface area contributed by atoms with E-state index >= 15 is 0 Å². The van der Waals surface area contributed by atoms with Gasteiger partial charge in [0.2, 0.25) is 5.91 Å². The highest BCUT2D eigenvalue weighted by Crippen LogP contribution is 2.23. The monoisotopic (exact) mass is 314 g/mol. The number of anilines is 1. The third-order valence-electron chi connectivity index (χ3n) is 4.34. The van der Waals surface area contributed by atoms with Crippen molar-refractivity contribution in [3.05, 3.63) is 29.8 Å². The van der Waals surface area contributed by atoms with Crippen LogP contribution in [0.4, 0.5) is 5.69 Å². The zero-order valence-corrected chi connectivity index (χ0v) is 13.5. The summed E-state index contributed by atoms with van der Waals surface area (Å²) in [5.74, 6) is -0.466. The van der Waals surface area contributed by atoms with E-state index in [4.69, 9.17) is 4.74 Å². The molecule has 1 aliphatic carbocycles. The molecule has 1 aromatic rings. The average Bonchev–Trinajstić information content (AvgIpc) is 2.56. The minimum atomic E-state index is -0.373. The number of aryl methyl sites for hydroxylation is 1. The maximum absolute atomic E-state index is 12.3. The zero-order chi connectivity index (χ0) is 16.2. The molecule has 0 spiro atoms. The van der Waals surface area contributed by atoms with Crippen LogP contribution in [0.25, 0.3) is 0 Å². The van der Waals surface area contributed by atoms with Gasteiger partial charge < -0.3 is 4.74 Å². The van der Waals surface area contributed by atoms with Gasteiger partial charge in [0.25, 0.3) is 0 Å². The molecule has 122 valence electrons. The Morgan fingerprint density at radius 3 is 2.74 bits per heavy atom. The molecule has 1 aliphatic heterocycles. The predicted molar refractivity (Wildman–Crippen MR) is 88.3 cm³/mol. The number of ether oxygens (including phenoxy) is 1. The summed E-state index contributed by atoms with van der Waals surface area (Å²) in [5.41, 5.74) is 2.08. The Morgan fingerprint density at radius 2 is 2.00 bits per heavy atom. The van der Waals surface area contributed by atoms with E-state index in [1.807, 2.05) is 31.2 Å². The van der Waals surface area contributed by atoms with Crippen molar-refractivity contribution in [1.82, 2.24) is 0 Å². The van der Waals surface area contributed by atoms with E-state index in [1.165, 1.54) is 11.4 Å². The van der Waals surface area contributed by atoms with Gasteiger partial charge in [0.15, 0.2) is 0 Å². The highest BCUT2D eigenvalue weighted by molar-refractivity contribution is 6.38. The number of nitrogens with zero attached hydrogens (tertiary/aromatic N) is 2. The minimum absolute atomic E-state index is 0.00370. The van der Waals surface area contributed by atoms with E-state index in [2.05, 4.69) is 5.10 Å². The molecular weight excluding hydrogens is 292 g/mol. The van der Waals surface area contributed by atoms with E-state index in [1.54, 1.807) is 0 Å². The van der Waals surface area contributed by atoms with Crippen LogP contribution < -0.4 is 5.01 Å². The summed E-state index contributed by atoms with van der Waals surface area (Å²) in [6.45, 7) is 1.96.